The van der Waals surface area contributed by atoms with Gasteiger partial charge in [0, 0.05) is 36.5 Å². The third-order valence-electron chi connectivity index (χ3n) is 5.49. The van der Waals surface area contributed by atoms with Gasteiger partial charge in [0.1, 0.15) is 5.82 Å². The average molecular weight is 467 g/mol. The van der Waals surface area contributed by atoms with Crippen molar-refractivity contribution < 1.29 is 22.8 Å². The Balaban J connectivity index is 1.73. The molecule has 0 saturated carbocycles. The molecule has 0 fully saturated rings. The monoisotopic (exact) mass is 467 g/mol. The van der Waals surface area contributed by atoms with Crippen LogP contribution < -0.4 is 5.73 Å². The molecule has 2 aromatic carbocycles. The summed E-state index contributed by atoms with van der Waals surface area (Å²) in [6.45, 7) is 1.08. The predicted octanol–water partition coefficient (Wildman–Crippen LogP) is 4.42. The molecule has 0 aliphatic carbocycles. The van der Waals surface area contributed by atoms with Crippen molar-refractivity contribution in [1.29, 1.82) is 0 Å². The molecule has 0 spiro atoms. The van der Waals surface area contributed by atoms with Gasteiger partial charge in [-0.3, -0.25) is 19.6 Å². The van der Waals surface area contributed by atoms with Crippen LogP contribution in [0.2, 0.25) is 0 Å². The Morgan fingerprint density at radius 2 is 1.71 bits per heavy atom. The van der Waals surface area contributed by atoms with Crippen LogP contribution in [0.25, 0.3) is 21.7 Å². The van der Waals surface area contributed by atoms with Gasteiger partial charge in [-0.1, -0.05) is 24.3 Å². The Bertz CT molecular complexity index is 1400. The molecule has 2 aromatic heterocycles. The van der Waals surface area contributed by atoms with Crippen molar-refractivity contribution in [3.63, 3.8) is 0 Å². The van der Waals surface area contributed by atoms with Crippen molar-refractivity contribution in [3.05, 3.63) is 77.6 Å². The van der Waals surface area contributed by atoms with Gasteiger partial charge in [-0.15, -0.1) is 0 Å². The first kappa shape index (κ1) is 23.0. The fraction of sp³-hybridized carbons (Fsp3) is 0.167. The van der Waals surface area contributed by atoms with Crippen LogP contribution in [-0.2, 0) is 17.5 Å². The van der Waals surface area contributed by atoms with Crippen LogP contribution >= 0.6 is 0 Å². The third kappa shape index (κ3) is 4.34. The number of halogens is 3. The number of nitrogen functional groups attached to an aromatic ring is 1. The molecule has 4 aromatic rings. The minimum atomic E-state index is -4.53. The van der Waals surface area contributed by atoms with E-state index in [9.17, 15) is 22.8 Å². The minimum absolute atomic E-state index is 0.190. The lowest BCUT2D eigenvalue weighted by Gasteiger charge is -2.31. The molecule has 0 radical (unpaired) electrons. The molecule has 0 aliphatic heterocycles. The van der Waals surface area contributed by atoms with Gasteiger partial charge in [0.2, 0.25) is 5.91 Å². The molecular weight excluding hydrogens is 447 g/mol. The van der Waals surface area contributed by atoms with Crippen LogP contribution in [0.3, 0.4) is 0 Å². The zero-order valence-electron chi connectivity index (χ0n) is 18.3. The Labute approximate surface area is 192 Å². The molecule has 0 saturated heterocycles. The summed E-state index contributed by atoms with van der Waals surface area (Å²) in [5.74, 6) is -0.586. The van der Waals surface area contributed by atoms with Crippen molar-refractivity contribution in [1.82, 2.24) is 20.0 Å². The highest BCUT2D eigenvalue weighted by molar-refractivity contribution is 6.11. The Kier molecular flexibility index (Phi) is 5.82. The van der Waals surface area contributed by atoms with E-state index in [4.69, 9.17) is 5.73 Å². The Morgan fingerprint density at radius 3 is 2.32 bits per heavy atom. The summed E-state index contributed by atoms with van der Waals surface area (Å²) >= 11 is 0. The summed E-state index contributed by atoms with van der Waals surface area (Å²) in [4.78, 5) is 33.7. The Hall–Kier alpha value is -4.21. The second kappa shape index (κ2) is 8.62. The number of pyridine rings is 2. The number of amides is 2. The number of benzene rings is 2. The fourth-order valence-corrected chi connectivity index (χ4v) is 3.59. The van der Waals surface area contributed by atoms with Crippen molar-refractivity contribution in [2.75, 3.05) is 12.8 Å². The summed E-state index contributed by atoms with van der Waals surface area (Å²) in [6, 6.07) is 14.3. The van der Waals surface area contributed by atoms with E-state index in [-0.39, 0.29) is 17.8 Å². The quantitative estimate of drug-likeness (QED) is 0.356. The highest BCUT2D eigenvalue weighted by Crippen LogP contribution is 2.30. The number of nitrogens with two attached hydrogens (primary N) is 1. The maximum absolute atomic E-state index is 13.4. The first-order valence-corrected chi connectivity index (χ1v) is 10.2. The van der Waals surface area contributed by atoms with E-state index in [0.717, 1.165) is 26.9 Å². The number of aromatic nitrogens is 2. The maximum atomic E-state index is 13.4. The Morgan fingerprint density at radius 1 is 1.00 bits per heavy atom. The van der Waals surface area contributed by atoms with Gasteiger partial charge >= 0.3 is 6.18 Å². The van der Waals surface area contributed by atoms with Crippen LogP contribution in [-0.4, -0.2) is 38.8 Å². The van der Waals surface area contributed by atoms with Gasteiger partial charge in [-0.05, 0) is 35.7 Å². The highest BCUT2D eigenvalue weighted by atomic mass is 19.4. The van der Waals surface area contributed by atoms with E-state index in [1.165, 1.54) is 20.0 Å². The van der Waals surface area contributed by atoms with Crippen LogP contribution in [0.1, 0.15) is 28.5 Å². The van der Waals surface area contributed by atoms with Crippen molar-refractivity contribution >= 4 is 39.3 Å². The van der Waals surface area contributed by atoms with Gasteiger partial charge in [0.15, 0.2) is 0 Å². The largest absolute Gasteiger partial charge is 0.417 e. The van der Waals surface area contributed by atoms with Crippen molar-refractivity contribution in [3.8, 4) is 0 Å². The number of nitrogens with zero attached hydrogens (tertiary/aromatic N) is 4. The molecule has 2 amide bonds. The van der Waals surface area contributed by atoms with E-state index in [1.54, 1.807) is 18.2 Å². The van der Waals surface area contributed by atoms with Crippen molar-refractivity contribution in [2.45, 2.75) is 19.6 Å². The minimum Gasteiger partial charge on any atom is -0.383 e. The van der Waals surface area contributed by atoms with E-state index in [0.29, 0.717) is 22.9 Å². The van der Waals surface area contributed by atoms with Gasteiger partial charge in [-0.25, -0.2) is 9.99 Å². The summed E-state index contributed by atoms with van der Waals surface area (Å²) in [7, 11) is 1.41. The lowest BCUT2D eigenvalue weighted by atomic mass is 10.0. The third-order valence-corrected chi connectivity index (χ3v) is 5.49. The van der Waals surface area contributed by atoms with Gasteiger partial charge in [-0.2, -0.15) is 13.2 Å². The number of hydrogen-bond donors (Lipinski definition) is 1. The second-order valence-corrected chi connectivity index (χ2v) is 7.72. The number of carbonyl (C=O) groups excluding carboxylic acids is 2. The molecular formula is C24H20F3N5O2. The van der Waals surface area contributed by atoms with Crippen LogP contribution in [0.4, 0.5) is 19.0 Å². The first-order valence-electron chi connectivity index (χ1n) is 10.2. The topological polar surface area (TPSA) is 92.4 Å². The SMILES string of the molecule is CC(=O)N(C)N(Cc1ccc(C(F)(F)F)cn1)C(=O)c1ccc2nc(N)c3ccccc3c2c1. The highest BCUT2D eigenvalue weighted by Gasteiger charge is 2.31. The molecule has 2 N–H and O–H groups in total. The number of rotatable bonds is 3. The molecule has 174 valence electrons. The van der Waals surface area contributed by atoms with E-state index in [1.807, 2.05) is 24.3 Å². The van der Waals surface area contributed by atoms with Gasteiger partial charge < -0.3 is 5.73 Å². The first-order chi connectivity index (χ1) is 16.1. The molecule has 0 unspecified atom stereocenters. The molecule has 34 heavy (non-hydrogen) atoms. The standard InChI is InChI=1S/C24H20F3N5O2/c1-14(33)31(2)32(13-17-9-8-16(12-29-17)24(25,26)27)23(34)15-7-10-21-20(11-15)18-5-3-4-6-19(18)22(28)30-21/h3-12H,13H2,1-2H3,(H2,28,30). The zero-order chi connectivity index (χ0) is 24.6. The summed E-state index contributed by atoms with van der Waals surface area (Å²) in [6.07, 6.45) is -3.83. The number of hydrogen-bond acceptors (Lipinski definition) is 5. The van der Waals surface area contributed by atoms with Crippen LogP contribution in [0.5, 0.6) is 0 Å². The van der Waals surface area contributed by atoms with E-state index >= 15 is 0 Å². The molecule has 0 aliphatic rings. The summed E-state index contributed by atoms with van der Waals surface area (Å²) in [5.41, 5.74) is 6.21. The van der Waals surface area contributed by atoms with E-state index in [2.05, 4.69) is 9.97 Å². The number of hydrazine groups is 1. The second-order valence-electron chi connectivity index (χ2n) is 7.72. The van der Waals surface area contributed by atoms with Gasteiger partial charge in [0.25, 0.3) is 5.91 Å². The van der Waals surface area contributed by atoms with Gasteiger partial charge in [0.05, 0.1) is 23.3 Å². The van der Waals surface area contributed by atoms with Crippen LogP contribution in [0, 0.1) is 0 Å². The molecule has 4 rings (SSSR count). The van der Waals surface area contributed by atoms with Crippen LogP contribution in [0.15, 0.2) is 60.8 Å². The lowest BCUT2D eigenvalue weighted by molar-refractivity contribution is -0.140. The molecule has 2 heterocycles. The number of alkyl halides is 3. The summed E-state index contributed by atoms with van der Waals surface area (Å²) in [5, 5.41) is 4.49. The molecule has 10 heteroatoms. The normalized spacial score (nSPS) is 11.6. The molecule has 0 atom stereocenters. The fourth-order valence-electron chi connectivity index (χ4n) is 3.59. The maximum Gasteiger partial charge on any atom is 0.417 e. The smallest absolute Gasteiger partial charge is 0.383 e. The number of fused-ring (bicyclic) bond motifs is 3. The molecule has 7 nitrogen and oxygen atoms in total. The lowest BCUT2D eigenvalue weighted by Crippen LogP contribution is -2.46. The average Bonchev–Trinajstić information content (AvgIpc) is 2.81. The molecule has 0 bridgehead atoms. The number of anilines is 1. The van der Waals surface area contributed by atoms with Crippen molar-refractivity contribution in [2.24, 2.45) is 0 Å². The zero-order valence-corrected chi connectivity index (χ0v) is 18.3. The predicted molar refractivity (Wildman–Crippen MR) is 121 cm³/mol. The number of carbonyl (C=O) groups is 2. The van der Waals surface area contributed by atoms with E-state index < -0.39 is 23.6 Å². The summed E-state index contributed by atoms with van der Waals surface area (Å²) < 4.78 is 38.6.